The Balaban J connectivity index is 1.64. The summed E-state index contributed by atoms with van der Waals surface area (Å²) < 4.78 is 9.98. The molecule has 2 heterocycles. The Morgan fingerprint density at radius 2 is 1.73 bits per heavy atom. The Bertz CT molecular complexity index is 1790. The number of carbonyl (C=O) groups is 2. The van der Waals surface area contributed by atoms with Crippen LogP contribution in [0.2, 0.25) is 0 Å². The molecule has 3 aliphatic rings. The fourth-order valence-electron chi connectivity index (χ4n) is 6.95. The number of halogens is 1. The number of allylic oxidation sites excluding steroid dienone is 4. The van der Waals surface area contributed by atoms with E-state index in [1.54, 1.807) is 63.2 Å². The van der Waals surface area contributed by atoms with Gasteiger partial charge >= 0.3 is 11.4 Å². The lowest BCUT2D eigenvalue weighted by Crippen LogP contribution is -2.55. The number of aromatic hydroxyl groups is 1. The predicted molar refractivity (Wildman–Crippen MR) is 151 cm³/mol. The number of phenolic OH excluding ortho intramolecular Hbond substituents is 1. The molecular weight excluding hydrogens is 578 g/mol. The van der Waals surface area contributed by atoms with Crippen molar-refractivity contribution in [3.8, 4) is 17.2 Å². The van der Waals surface area contributed by atoms with Gasteiger partial charge in [-0.1, -0.05) is 47.1 Å². The van der Waals surface area contributed by atoms with Crippen molar-refractivity contribution in [2.75, 3.05) is 7.11 Å². The molecule has 2 aromatic carbocycles. The maximum atomic E-state index is 14.1. The van der Waals surface area contributed by atoms with Crippen LogP contribution >= 0.6 is 15.9 Å². The van der Waals surface area contributed by atoms with E-state index in [-0.39, 0.29) is 36.0 Å². The van der Waals surface area contributed by atoms with Crippen LogP contribution in [0.4, 0.5) is 0 Å². The number of fused-ring (bicyclic) bond motifs is 4. The fraction of sp³-hybridized carbons (Fsp3) is 0.333. The lowest BCUT2D eigenvalue weighted by Gasteiger charge is -2.53. The normalized spacial score (nSPS) is 25.7. The first-order valence-corrected chi connectivity index (χ1v) is 13.8. The molecule has 1 aromatic heterocycles. The van der Waals surface area contributed by atoms with E-state index >= 15 is 0 Å². The zero-order valence-electron chi connectivity index (χ0n) is 22.5. The summed E-state index contributed by atoms with van der Waals surface area (Å²) in [4.78, 5) is 55.3. The molecule has 1 fully saturated rings. The monoisotopic (exact) mass is 605 g/mol. The van der Waals surface area contributed by atoms with Gasteiger partial charge in [0.25, 0.3) is 0 Å². The Hall–Kier alpha value is -3.92. The third-order valence-electron chi connectivity index (χ3n) is 9.05. The molecule has 10 heteroatoms. The van der Waals surface area contributed by atoms with Gasteiger partial charge < -0.3 is 9.84 Å². The fourth-order valence-corrected chi connectivity index (χ4v) is 7.41. The Kier molecular flexibility index (Phi) is 5.96. The van der Waals surface area contributed by atoms with Crippen molar-refractivity contribution in [2.45, 2.75) is 45.7 Å². The second-order valence-corrected chi connectivity index (χ2v) is 11.8. The van der Waals surface area contributed by atoms with E-state index in [2.05, 4.69) is 15.9 Å². The Labute approximate surface area is 238 Å². The van der Waals surface area contributed by atoms with Gasteiger partial charge in [-0.3, -0.25) is 9.59 Å². The summed E-state index contributed by atoms with van der Waals surface area (Å²) >= 11 is 3.50. The van der Waals surface area contributed by atoms with Crippen LogP contribution in [0.25, 0.3) is 5.69 Å². The number of Topliss-reactive ketones (excluding diaryl/α,β-unsaturated/α-hetero) is 2. The molecule has 0 amide bonds. The van der Waals surface area contributed by atoms with Crippen LogP contribution in [0.3, 0.4) is 0 Å². The molecule has 0 saturated heterocycles. The molecule has 3 aromatic rings. The van der Waals surface area contributed by atoms with Crippen molar-refractivity contribution in [2.24, 2.45) is 11.3 Å². The average molecular weight is 606 g/mol. The molecule has 4 atom stereocenters. The van der Waals surface area contributed by atoms with E-state index in [0.29, 0.717) is 32.4 Å². The number of aromatic nitrogens is 3. The number of para-hydroxylation sites is 1. The number of hydrogen-bond donors (Lipinski definition) is 1. The summed E-state index contributed by atoms with van der Waals surface area (Å²) in [5, 5.41) is 11.4. The molecule has 206 valence electrons. The summed E-state index contributed by atoms with van der Waals surface area (Å²) in [5.74, 6) is -1.81. The molecule has 0 radical (unpaired) electrons. The van der Waals surface area contributed by atoms with Gasteiger partial charge in [0.05, 0.1) is 30.8 Å². The molecule has 0 spiro atoms. The van der Waals surface area contributed by atoms with Gasteiger partial charge in [0.1, 0.15) is 0 Å². The largest absolute Gasteiger partial charge is 0.504 e. The molecule has 0 bridgehead atoms. The highest BCUT2D eigenvalue weighted by Crippen LogP contribution is 2.62. The zero-order valence-corrected chi connectivity index (χ0v) is 24.1. The molecule has 6 rings (SSSR count). The minimum atomic E-state index is -1.24. The minimum absolute atomic E-state index is 0.0961. The molecule has 1 aliphatic heterocycles. The minimum Gasteiger partial charge on any atom is -0.504 e. The number of nitrogens with zero attached hydrogens (tertiary/aromatic N) is 3. The zero-order chi connectivity index (χ0) is 28.7. The van der Waals surface area contributed by atoms with Gasteiger partial charge in [0.15, 0.2) is 23.1 Å². The molecule has 9 nitrogen and oxygen atoms in total. The van der Waals surface area contributed by atoms with Gasteiger partial charge in [0, 0.05) is 21.9 Å². The topological polar surface area (TPSA) is 113 Å². The van der Waals surface area contributed by atoms with E-state index in [1.165, 1.54) is 16.5 Å². The van der Waals surface area contributed by atoms with Crippen LogP contribution in [-0.4, -0.2) is 37.7 Å². The Morgan fingerprint density at radius 1 is 1.02 bits per heavy atom. The number of hydrogen-bond acceptors (Lipinski definition) is 6. The summed E-state index contributed by atoms with van der Waals surface area (Å²) in [6.07, 6.45) is 2.02. The number of carbonyl (C=O) groups excluding carboxylic acids is 2. The number of ketones is 2. The standard InChI is InChI=1S/C30H28BrN3O6/c1-15-16(2)27(37)30(3)21(25(15)35)14-22-19(24(30)20-12-17(31)13-23(40-4)26(20)36)10-11-32-28(38)33(29(39)34(22)32)18-8-6-5-7-9-18/h5-10,12-13,21-22,24,36H,11,14H2,1-4H3/t21-,22+,24+,30+/m0/s1. The average Bonchev–Trinajstić information content (AvgIpc) is 3.21. The lowest BCUT2D eigenvalue weighted by atomic mass is 9.50. The first kappa shape index (κ1) is 26.3. The number of methoxy groups -OCH3 is 1. The smallest absolute Gasteiger partial charge is 0.352 e. The van der Waals surface area contributed by atoms with Gasteiger partial charge in [-0.05, 0) is 61.3 Å². The van der Waals surface area contributed by atoms with Crippen LogP contribution in [0.1, 0.15) is 44.7 Å². The molecule has 1 N–H and O–H groups in total. The van der Waals surface area contributed by atoms with Crippen molar-refractivity contribution in [3.05, 3.63) is 96.3 Å². The second-order valence-electron chi connectivity index (χ2n) is 10.9. The van der Waals surface area contributed by atoms with E-state index in [1.807, 2.05) is 6.08 Å². The van der Waals surface area contributed by atoms with Crippen molar-refractivity contribution < 1.29 is 19.4 Å². The highest BCUT2D eigenvalue weighted by molar-refractivity contribution is 9.10. The van der Waals surface area contributed by atoms with Crippen LogP contribution in [0.15, 0.2) is 79.3 Å². The van der Waals surface area contributed by atoms with Gasteiger partial charge in [-0.2, -0.15) is 0 Å². The summed E-state index contributed by atoms with van der Waals surface area (Å²) in [7, 11) is 1.44. The molecule has 2 aliphatic carbocycles. The molecule has 0 unspecified atom stereocenters. The third-order valence-corrected chi connectivity index (χ3v) is 9.51. The number of benzene rings is 2. The third kappa shape index (κ3) is 3.38. The van der Waals surface area contributed by atoms with E-state index < -0.39 is 34.7 Å². The highest BCUT2D eigenvalue weighted by Gasteiger charge is 2.61. The summed E-state index contributed by atoms with van der Waals surface area (Å²) in [6.45, 7) is 5.20. The van der Waals surface area contributed by atoms with Crippen molar-refractivity contribution in [1.82, 2.24) is 13.9 Å². The van der Waals surface area contributed by atoms with Gasteiger partial charge in [-0.15, -0.1) is 0 Å². The quantitative estimate of drug-likeness (QED) is 0.451. The van der Waals surface area contributed by atoms with Crippen LogP contribution in [0.5, 0.6) is 11.5 Å². The number of ether oxygens (including phenoxy) is 1. The van der Waals surface area contributed by atoms with Gasteiger partial charge in [-0.25, -0.2) is 23.5 Å². The second kappa shape index (κ2) is 9.05. The predicted octanol–water partition coefficient (Wildman–Crippen LogP) is 4.06. The van der Waals surface area contributed by atoms with Crippen LogP contribution in [-0.2, 0) is 16.1 Å². The highest BCUT2D eigenvalue weighted by atomic mass is 79.9. The van der Waals surface area contributed by atoms with Crippen molar-refractivity contribution >= 4 is 27.5 Å². The van der Waals surface area contributed by atoms with Crippen molar-refractivity contribution in [1.29, 1.82) is 0 Å². The summed E-state index contributed by atoms with van der Waals surface area (Å²) in [5.41, 5.74) is 0.110. The van der Waals surface area contributed by atoms with E-state index in [0.717, 1.165) is 4.57 Å². The molecule has 1 saturated carbocycles. The number of rotatable bonds is 3. The van der Waals surface area contributed by atoms with Crippen LogP contribution in [0, 0.1) is 11.3 Å². The first-order chi connectivity index (χ1) is 19.0. The van der Waals surface area contributed by atoms with E-state index in [4.69, 9.17) is 4.74 Å². The molecular formula is C30H28BrN3O6. The van der Waals surface area contributed by atoms with Crippen LogP contribution < -0.4 is 16.1 Å². The van der Waals surface area contributed by atoms with Crippen molar-refractivity contribution in [3.63, 3.8) is 0 Å². The SMILES string of the molecule is COc1cc(Br)cc([C@H]2C3=CCn4c(=O)n(-c5ccccc5)c(=O)n4[C@@H]3C[C@H]3C(=O)C(C)=C(C)C(=O)[C@@]23C)c1O. The lowest BCUT2D eigenvalue weighted by molar-refractivity contribution is -0.140. The molecule has 40 heavy (non-hydrogen) atoms. The van der Waals surface area contributed by atoms with Gasteiger partial charge in [0.2, 0.25) is 0 Å². The summed E-state index contributed by atoms with van der Waals surface area (Å²) in [6, 6.07) is 11.4. The van der Waals surface area contributed by atoms with E-state index in [9.17, 15) is 24.3 Å². The maximum absolute atomic E-state index is 14.1. The first-order valence-electron chi connectivity index (χ1n) is 13.0. The Morgan fingerprint density at radius 3 is 2.40 bits per heavy atom. The maximum Gasteiger partial charge on any atom is 0.352 e. The number of phenols is 1.